The summed E-state index contributed by atoms with van der Waals surface area (Å²) in [6, 6.07) is 14.0. The van der Waals surface area contributed by atoms with Crippen molar-refractivity contribution < 1.29 is 9.53 Å². The average molecular weight is 550 g/mol. The first-order valence-corrected chi connectivity index (χ1v) is 14.2. The first-order chi connectivity index (χ1) is 19.6. The number of fused-ring (bicyclic) bond motifs is 2. The molecule has 1 saturated heterocycles. The number of pyridine rings is 2. The van der Waals surface area contributed by atoms with Gasteiger partial charge in [0.25, 0.3) is 0 Å². The molecular formula is C30H27N7O2S. The summed E-state index contributed by atoms with van der Waals surface area (Å²) >= 11 is 1.46. The minimum absolute atomic E-state index is 0.0556. The number of hydrogen-bond donors (Lipinski definition) is 2. The molecule has 0 bridgehead atoms. The fourth-order valence-electron chi connectivity index (χ4n) is 5.23. The number of nitrogens with zero attached hydrogens (tertiary/aromatic N) is 5. The molecule has 10 heteroatoms. The Kier molecular flexibility index (Phi) is 6.33. The number of aromatic amines is 2. The number of aromatic nitrogens is 6. The molecule has 7 rings (SSSR count). The molecule has 9 nitrogen and oxygen atoms in total. The highest BCUT2D eigenvalue weighted by atomic mass is 32.1. The summed E-state index contributed by atoms with van der Waals surface area (Å²) in [6.07, 6.45) is 7.91. The zero-order valence-electron chi connectivity index (χ0n) is 22.0. The number of likely N-dealkylation sites (tertiary alicyclic amines) is 1. The second-order valence-corrected chi connectivity index (χ2v) is 11.1. The van der Waals surface area contributed by atoms with Crippen molar-refractivity contribution in [3.63, 3.8) is 0 Å². The molecule has 5 aromatic heterocycles. The molecule has 40 heavy (non-hydrogen) atoms. The van der Waals surface area contributed by atoms with Crippen LogP contribution in [0.1, 0.15) is 29.4 Å². The monoisotopic (exact) mass is 549 g/mol. The number of H-pyrrole nitrogens is 2. The predicted octanol–water partition coefficient (Wildman–Crippen LogP) is 5.97. The molecule has 2 N–H and O–H groups in total. The summed E-state index contributed by atoms with van der Waals surface area (Å²) in [5, 5.41) is 8.65. The molecule has 1 aliphatic rings. The van der Waals surface area contributed by atoms with Crippen LogP contribution in [-0.4, -0.2) is 67.1 Å². The lowest BCUT2D eigenvalue weighted by molar-refractivity contribution is 0.102. The maximum absolute atomic E-state index is 11.8. The quantitative estimate of drug-likeness (QED) is 0.225. The lowest BCUT2D eigenvalue weighted by Gasteiger charge is -2.15. The number of Topliss-reactive ketones (excluding diaryl/α,β-unsaturated/α-hetero) is 1. The summed E-state index contributed by atoms with van der Waals surface area (Å²) in [4.78, 5) is 33.1. The van der Waals surface area contributed by atoms with Crippen LogP contribution in [-0.2, 0) is 0 Å². The van der Waals surface area contributed by atoms with Gasteiger partial charge >= 0.3 is 0 Å². The molecule has 1 fully saturated rings. The van der Waals surface area contributed by atoms with E-state index < -0.39 is 0 Å². The third-order valence-electron chi connectivity index (χ3n) is 7.32. The van der Waals surface area contributed by atoms with Gasteiger partial charge < -0.3 is 9.72 Å². The van der Waals surface area contributed by atoms with Gasteiger partial charge in [0.15, 0.2) is 17.3 Å². The number of carbonyl (C=O) groups is 1. The number of ether oxygens (including phenoxy) is 1. The van der Waals surface area contributed by atoms with Crippen LogP contribution in [0.15, 0.2) is 61.1 Å². The Morgan fingerprint density at radius 2 is 1.98 bits per heavy atom. The molecule has 1 aromatic carbocycles. The number of rotatable bonds is 8. The Bertz CT molecular complexity index is 1850. The fraction of sp³-hybridized carbons (Fsp3) is 0.233. The highest BCUT2D eigenvalue weighted by molar-refractivity contribution is 7.17. The second-order valence-electron chi connectivity index (χ2n) is 10.0. The van der Waals surface area contributed by atoms with Crippen LogP contribution in [0.25, 0.3) is 55.2 Å². The van der Waals surface area contributed by atoms with Gasteiger partial charge in [-0.2, -0.15) is 5.10 Å². The Labute approximate surface area is 234 Å². The van der Waals surface area contributed by atoms with E-state index in [9.17, 15) is 4.79 Å². The number of hydrogen-bond acceptors (Lipinski definition) is 8. The van der Waals surface area contributed by atoms with Crippen LogP contribution in [0.2, 0.25) is 0 Å². The lowest BCUT2D eigenvalue weighted by Crippen LogP contribution is -2.25. The molecule has 1 aliphatic heterocycles. The molecule has 0 radical (unpaired) electrons. The summed E-state index contributed by atoms with van der Waals surface area (Å²) in [6.45, 7) is 5.49. The normalized spacial score (nSPS) is 13.9. The van der Waals surface area contributed by atoms with Gasteiger partial charge in [-0.15, -0.1) is 11.3 Å². The number of imidazole rings is 1. The van der Waals surface area contributed by atoms with Crippen LogP contribution in [0.5, 0.6) is 5.75 Å². The highest BCUT2D eigenvalue weighted by Gasteiger charge is 2.18. The smallest absolute Gasteiger partial charge is 0.178 e. The minimum atomic E-state index is 0.0556. The van der Waals surface area contributed by atoms with Crippen LogP contribution < -0.4 is 4.74 Å². The van der Waals surface area contributed by atoms with E-state index in [1.54, 1.807) is 19.3 Å². The Hall–Kier alpha value is -4.41. The third-order valence-corrected chi connectivity index (χ3v) is 8.54. The van der Waals surface area contributed by atoms with Crippen molar-refractivity contribution >= 4 is 39.2 Å². The van der Waals surface area contributed by atoms with Gasteiger partial charge in [-0.1, -0.05) is 6.07 Å². The van der Waals surface area contributed by atoms with Gasteiger partial charge in [-0.3, -0.25) is 19.8 Å². The van der Waals surface area contributed by atoms with E-state index in [-0.39, 0.29) is 5.78 Å². The maximum Gasteiger partial charge on any atom is 0.178 e. The Balaban J connectivity index is 1.20. The van der Waals surface area contributed by atoms with Crippen molar-refractivity contribution in [3.05, 3.63) is 65.9 Å². The van der Waals surface area contributed by atoms with Gasteiger partial charge in [0.05, 0.1) is 22.1 Å². The van der Waals surface area contributed by atoms with E-state index in [4.69, 9.17) is 9.72 Å². The Morgan fingerprint density at radius 1 is 1.07 bits per heavy atom. The first kappa shape index (κ1) is 24.6. The van der Waals surface area contributed by atoms with Crippen molar-refractivity contribution in [1.82, 2.24) is 35.0 Å². The first-order valence-electron chi connectivity index (χ1n) is 13.4. The topological polar surface area (TPSA) is 113 Å². The van der Waals surface area contributed by atoms with E-state index in [1.165, 1.54) is 24.2 Å². The molecule has 6 aromatic rings. The summed E-state index contributed by atoms with van der Waals surface area (Å²) in [7, 11) is 0. The van der Waals surface area contributed by atoms with Gasteiger partial charge in [0.1, 0.15) is 18.1 Å². The molecule has 200 valence electrons. The van der Waals surface area contributed by atoms with Gasteiger partial charge in [-0.05, 0) is 74.8 Å². The van der Waals surface area contributed by atoms with Gasteiger partial charge in [0, 0.05) is 40.3 Å². The van der Waals surface area contributed by atoms with E-state index in [0.29, 0.717) is 23.8 Å². The minimum Gasteiger partial charge on any atom is -0.491 e. The molecule has 0 aliphatic carbocycles. The molecule has 0 atom stereocenters. The van der Waals surface area contributed by atoms with E-state index in [0.717, 1.165) is 68.2 Å². The second kappa shape index (κ2) is 10.3. The SMILES string of the molecule is CC(=O)c1ccc(-c2ccnc3nc(-c4n[nH]c5ccc(-c6cncc(OCCN7CCCC7)c6)cc45)[nH]c23)s1. The number of ketones is 1. The van der Waals surface area contributed by atoms with Gasteiger partial charge in [-0.25, -0.2) is 9.97 Å². The average Bonchev–Trinajstić information content (AvgIpc) is 3.78. The molecule has 0 spiro atoms. The van der Waals surface area contributed by atoms with Gasteiger partial charge in [0.2, 0.25) is 0 Å². The van der Waals surface area contributed by atoms with E-state index >= 15 is 0 Å². The standard InChI is InChI=1S/C30H27N7O2S/c1-18(38)25-6-7-26(40-25)22-8-9-32-29-27(22)33-30(34-29)28-23-15-19(4-5-24(23)35-36-28)20-14-21(17-31-16-20)39-13-12-37-10-2-3-11-37/h4-9,14-17H,2-3,10-13H2,1H3,(H,35,36)(H,32,33,34). The van der Waals surface area contributed by atoms with Crippen molar-refractivity contribution in [2.45, 2.75) is 19.8 Å². The number of carbonyl (C=O) groups excluding carboxylic acids is 1. The molecule has 0 unspecified atom stereocenters. The predicted molar refractivity (Wildman–Crippen MR) is 157 cm³/mol. The van der Waals surface area contributed by atoms with E-state index in [1.807, 2.05) is 36.5 Å². The Morgan fingerprint density at radius 3 is 2.83 bits per heavy atom. The third kappa shape index (κ3) is 4.65. The summed E-state index contributed by atoms with van der Waals surface area (Å²) in [5.41, 5.74) is 5.96. The number of nitrogens with one attached hydrogen (secondary N) is 2. The lowest BCUT2D eigenvalue weighted by atomic mass is 10.0. The maximum atomic E-state index is 11.8. The molecule has 0 amide bonds. The van der Waals surface area contributed by atoms with Crippen LogP contribution >= 0.6 is 11.3 Å². The molecular weight excluding hydrogens is 522 g/mol. The van der Waals surface area contributed by atoms with Crippen molar-refractivity contribution in [2.24, 2.45) is 0 Å². The van der Waals surface area contributed by atoms with Crippen molar-refractivity contribution in [3.8, 4) is 38.8 Å². The van der Waals surface area contributed by atoms with E-state index in [2.05, 4.69) is 42.2 Å². The summed E-state index contributed by atoms with van der Waals surface area (Å²) in [5.74, 6) is 1.44. The zero-order valence-corrected chi connectivity index (χ0v) is 22.8. The fourth-order valence-corrected chi connectivity index (χ4v) is 6.16. The summed E-state index contributed by atoms with van der Waals surface area (Å²) < 4.78 is 6.03. The number of benzene rings is 1. The molecule has 0 saturated carbocycles. The van der Waals surface area contributed by atoms with Crippen LogP contribution in [0.4, 0.5) is 0 Å². The largest absolute Gasteiger partial charge is 0.491 e. The zero-order chi connectivity index (χ0) is 27.1. The van der Waals surface area contributed by atoms with Crippen molar-refractivity contribution in [1.29, 1.82) is 0 Å². The molecule has 6 heterocycles. The van der Waals surface area contributed by atoms with Crippen LogP contribution in [0, 0.1) is 0 Å². The number of thiophene rings is 1. The highest BCUT2D eigenvalue weighted by Crippen LogP contribution is 2.35. The van der Waals surface area contributed by atoms with Crippen molar-refractivity contribution in [2.75, 3.05) is 26.2 Å². The van der Waals surface area contributed by atoms with Crippen LogP contribution in [0.3, 0.4) is 0 Å².